The highest BCUT2D eigenvalue weighted by Crippen LogP contribution is 2.33. The van der Waals surface area contributed by atoms with Gasteiger partial charge in [0, 0.05) is 6.54 Å². The molecular formula is C10H16N6O3. The zero-order valence-electron chi connectivity index (χ0n) is 10.5. The highest BCUT2D eigenvalue weighted by molar-refractivity contribution is 5.60. The molecule has 0 atom stereocenters. The summed E-state index contributed by atoms with van der Waals surface area (Å²) in [7, 11) is 0. The van der Waals surface area contributed by atoms with Crippen molar-refractivity contribution in [3.63, 3.8) is 0 Å². The van der Waals surface area contributed by atoms with Crippen molar-refractivity contribution in [3.05, 3.63) is 15.8 Å². The number of hydrogen-bond donors (Lipinski definition) is 4. The molecule has 1 saturated carbocycles. The molecule has 5 N–H and O–H groups in total. The maximum atomic E-state index is 11.0. The normalized spacial score (nSPS) is 16.6. The maximum Gasteiger partial charge on any atom is 0.332 e. The Balaban J connectivity index is 2.25. The number of nitrogens with two attached hydrogens (primary N) is 1. The second kappa shape index (κ2) is 4.94. The predicted molar refractivity (Wildman–Crippen MR) is 68.5 cm³/mol. The van der Waals surface area contributed by atoms with Crippen LogP contribution < -0.4 is 16.6 Å². The van der Waals surface area contributed by atoms with E-state index in [1.165, 1.54) is 6.92 Å². The second-order valence-corrected chi connectivity index (χ2v) is 4.66. The highest BCUT2D eigenvalue weighted by Gasteiger charge is 2.35. The van der Waals surface area contributed by atoms with Gasteiger partial charge in [-0.1, -0.05) is 0 Å². The monoisotopic (exact) mass is 268 g/mol. The molecule has 1 aromatic rings. The summed E-state index contributed by atoms with van der Waals surface area (Å²) in [5.41, 5.74) is 1.45. The quantitative estimate of drug-likeness (QED) is 0.340. The SMILES string of the molecule is Cc1nc(NN)nc(NCC2(O)CCC2)c1[N+](=O)[O-]. The Bertz CT molecular complexity index is 502. The van der Waals surface area contributed by atoms with Crippen LogP contribution in [0.3, 0.4) is 0 Å². The summed E-state index contributed by atoms with van der Waals surface area (Å²) in [6.07, 6.45) is 2.32. The molecule has 0 radical (unpaired) electrons. The minimum Gasteiger partial charge on any atom is -0.388 e. The number of hydrazine groups is 1. The molecule has 0 unspecified atom stereocenters. The van der Waals surface area contributed by atoms with E-state index in [1.54, 1.807) is 0 Å². The van der Waals surface area contributed by atoms with Gasteiger partial charge in [-0.25, -0.2) is 10.8 Å². The first-order chi connectivity index (χ1) is 8.95. The molecular weight excluding hydrogens is 252 g/mol. The Hall–Kier alpha value is -2.00. The number of nitrogen functional groups attached to an aromatic ring is 1. The van der Waals surface area contributed by atoms with Crippen molar-refractivity contribution in [1.82, 2.24) is 9.97 Å². The van der Waals surface area contributed by atoms with Crippen molar-refractivity contribution in [2.24, 2.45) is 5.84 Å². The van der Waals surface area contributed by atoms with Crippen LogP contribution in [0.15, 0.2) is 0 Å². The molecule has 0 aromatic carbocycles. The summed E-state index contributed by atoms with van der Waals surface area (Å²) < 4.78 is 0. The van der Waals surface area contributed by atoms with Crippen LogP contribution in [-0.4, -0.2) is 32.1 Å². The number of aromatic nitrogens is 2. The zero-order chi connectivity index (χ0) is 14.0. The fourth-order valence-corrected chi connectivity index (χ4v) is 1.98. The Morgan fingerprint density at radius 1 is 1.53 bits per heavy atom. The lowest BCUT2D eigenvalue weighted by Gasteiger charge is -2.36. The number of aryl methyl sites for hydroxylation is 1. The average Bonchev–Trinajstić information content (AvgIpc) is 2.32. The lowest BCUT2D eigenvalue weighted by atomic mass is 9.80. The van der Waals surface area contributed by atoms with E-state index in [2.05, 4.69) is 20.7 Å². The van der Waals surface area contributed by atoms with Crippen molar-refractivity contribution >= 4 is 17.5 Å². The Morgan fingerprint density at radius 2 is 2.21 bits per heavy atom. The van der Waals surface area contributed by atoms with E-state index in [1.807, 2.05) is 0 Å². The topological polar surface area (TPSA) is 139 Å². The standard InChI is InChI=1S/C10H16N6O3/c1-6-7(16(18)19)8(14-9(13-6)15-11)12-5-10(17)3-2-4-10/h17H,2-5,11H2,1H3,(H2,12,13,14,15). The van der Waals surface area contributed by atoms with Crippen LogP contribution in [0, 0.1) is 17.0 Å². The van der Waals surface area contributed by atoms with Crippen molar-refractivity contribution in [1.29, 1.82) is 0 Å². The van der Waals surface area contributed by atoms with Gasteiger partial charge < -0.3 is 10.4 Å². The van der Waals surface area contributed by atoms with Crippen LogP contribution in [-0.2, 0) is 0 Å². The highest BCUT2D eigenvalue weighted by atomic mass is 16.6. The molecule has 0 spiro atoms. The summed E-state index contributed by atoms with van der Waals surface area (Å²) in [6, 6.07) is 0. The van der Waals surface area contributed by atoms with Gasteiger partial charge in [0.05, 0.1) is 10.5 Å². The van der Waals surface area contributed by atoms with Gasteiger partial charge in [0.25, 0.3) is 0 Å². The molecule has 2 rings (SSSR count). The molecule has 1 heterocycles. The molecule has 19 heavy (non-hydrogen) atoms. The van der Waals surface area contributed by atoms with E-state index in [9.17, 15) is 15.2 Å². The van der Waals surface area contributed by atoms with Crippen LogP contribution in [0.5, 0.6) is 0 Å². The largest absolute Gasteiger partial charge is 0.388 e. The summed E-state index contributed by atoms with van der Waals surface area (Å²) >= 11 is 0. The fraction of sp³-hybridized carbons (Fsp3) is 0.600. The third-order valence-electron chi connectivity index (χ3n) is 3.24. The summed E-state index contributed by atoms with van der Waals surface area (Å²) in [5.74, 6) is 5.36. The smallest absolute Gasteiger partial charge is 0.332 e. The van der Waals surface area contributed by atoms with Crippen molar-refractivity contribution in [2.75, 3.05) is 17.3 Å². The van der Waals surface area contributed by atoms with Gasteiger partial charge >= 0.3 is 5.69 Å². The first-order valence-electron chi connectivity index (χ1n) is 5.91. The van der Waals surface area contributed by atoms with Crippen molar-refractivity contribution in [3.8, 4) is 0 Å². The van der Waals surface area contributed by atoms with Gasteiger partial charge in [0.2, 0.25) is 11.8 Å². The third kappa shape index (κ3) is 2.71. The molecule has 0 amide bonds. The van der Waals surface area contributed by atoms with Gasteiger partial charge in [-0.15, -0.1) is 0 Å². The summed E-state index contributed by atoms with van der Waals surface area (Å²) in [6.45, 7) is 1.72. The molecule has 104 valence electrons. The zero-order valence-corrected chi connectivity index (χ0v) is 10.5. The first kappa shape index (κ1) is 13.4. The van der Waals surface area contributed by atoms with E-state index in [-0.39, 0.29) is 29.7 Å². The molecule has 9 heteroatoms. The molecule has 0 saturated heterocycles. The molecule has 1 fully saturated rings. The van der Waals surface area contributed by atoms with E-state index < -0.39 is 10.5 Å². The molecule has 9 nitrogen and oxygen atoms in total. The minimum absolute atomic E-state index is 0.0609. The molecule has 1 aromatic heterocycles. The lowest BCUT2D eigenvalue weighted by molar-refractivity contribution is -0.385. The second-order valence-electron chi connectivity index (χ2n) is 4.66. The fourth-order valence-electron chi connectivity index (χ4n) is 1.98. The number of nitrogens with zero attached hydrogens (tertiary/aromatic N) is 3. The Morgan fingerprint density at radius 3 is 2.68 bits per heavy atom. The summed E-state index contributed by atoms with van der Waals surface area (Å²) in [5, 5.41) is 23.8. The number of aliphatic hydroxyl groups is 1. The van der Waals surface area contributed by atoms with Gasteiger partial charge in [0.15, 0.2) is 0 Å². The van der Waals surface area contributed by atoms with E-state index in [4.69, 9.17) is 5.84 Å². The maximum absolute atomic E-state index is 11.0. The Labute approximate surface area is 109 Å². The van der Waals surface area contributed by atoms with Crippen molar-refractivity contribution < 1.29 is 10.0 Å². The minimum atomic E-state index is -0.803. The lowest BCUT2D eigenvalue weighted by Crippen LogP contribution is -2.43. The number of nitrogens with one attached hydrogen (secondary N) is 2. The van der Waals surface area contributed by atoms with E-state index in [0.29, 0.717) is 12.8 Å². The van der Waals surface area contributed by atoms with E-state index in [0.717, 1.165) is 6.42 Å². The van der Waals surface area contributed by atoms with E-state index >= 15 is 0 Å². The average molecular weight is 268 g/mol. The number of hydrogen-bond acceptors (Lipinski definition) is 8. The first-order valence-corrected chi connectivity index (χ1v) is 5.91. The molecule has 1 aliphatic rings. The van der Waals surface area contributed by atoms with Crippen LogP contribution in [0.25, 0.3) is 0 Å². The van der Waals surface area contributed by atoms with Crippen LogP contribution in [0.1, 0.15) is 25.0 Å². The number of anilines is 2. The molecule has 1 aliphatic carbocycles. The molecule has 0 bridgehead atoms. The van der Waals surface area contributed by atoms with Crippen LogP contribution >= 0.6 is 0 Å². The van der Waals surface area contributed by atoms with Gasteiger partial charge in [-0.05, 0) is 26.2 Å². The van der Waals surface area contributed by atoms with Crippen LogP contribution in [0.4, 0.5) is 17.5 Å². The molecule has 0 aliphatic heterocycles. The predicted octanol–water partition coefficient (Wildman–Crippen LogP) is 0.306. The van der Waals surface area contributed by atoms with Crippen LogP contribution in [0.2, 0.25) is 0 Å². The van der Waals surface area contributed by atoms with Gasteiger partial charge in [-0.2, -0.15) is 4.98 Å². The van der Waals surface area contributed by atoms with Gasteiger partial charge in [0.1, 0.15) is 5.69 Å². The number of rotatable bonds is 5. The third-order valence-corrected chi connectivity index (χ3v) is 3.24. The van der Waals surface area contributed by atoms with Crippen molar-refractivity contribution in [2.45, 2.75) is 31.8 Å². The van der Waals surface area contributed by atoms with Gasteiger partial charge in [-0.3, -0.25) is 15.5 Å². The summed E-state index contributed by atoms with van der Waals surface area (Å²) in [4.78, 5) is 18.3. The Kier molecular flexibility index (Phi) is 3.49. The number of nitro groups is 1.